The van der Waals surface area contributed by atoms with Crippen LogP contribution >= 0.6 is 0 Å². The van der Waals surface area contributed by atoms with E-state index in [4.69, 9.17) is 9.73 Å². The first kappa shape index (κ1) is 22.6. The van der Waals surface area contributed by atoms with E-state index in [1.165, 1.54) is 6.07 Å². The third-order valence-electron chi connectivity index (χ3n) is 5.16. The van der Waals surface area contributed by atoms with Gasteiger partial charge < -0.3 is 20.3 Å². The molecule has 1 aromatic rings. The van der Waals surface area contributed by atoms with Crippen molar-refractivity contribution in [2.45, 2.75) is 32.4 Å². The van der Waals surface area contributed by atoms with E-state index >= 15 is 0 Å². The summed E-state index contributed by atoms with van der Waals surface area (Å²) in [5, 5.41) is 6.75. The summed E-state index contributed by atoms with van der Waals surface area (Å²) >= 11 is 0. The number of guanidine groups is 1. The highest BCUT2D eigenvalue weighted by Crippen LogP contribution is 2.19. The Balaban J connectivity index is 2.02. The number of morpholine rings is 1. The second-order valence-electron chi connectivity index (χ2n) is 8.02. The van der Waals surface area contributed by atoms with Gasteiger partial charge in [0, 0.05) is 31.7 Å². The zero-order valence-corrected chi connectivity index (χ0v) is 18.0. The van der Waals surface area contributed by atoms with E-state index in [2.05, 4.69) is 41.2 Å². The fourth-order valence-corrected chi connectivity index (χ4v) is 3.39. The zero-order chi connectivity index (χ0) is 20.6. The smallest absolute Gasteiger partial charge is 0.191 e. The monoisotopic (exact) mass is 393 g/mol. The quantitative estimate of drug-likeness (QED) is 0.523. The summed E-state index contributed by atoms with van der Waals surface area (Å²) in [5.41, 5.74) is 0.914. The van der Waals surface area contributed by atoms with Crippen LogP contribution in [0.25, 0.3) is 0 Å². The van der Waals surface area contributed by atoms with Gasteiger partial charge >= 0.3 is 0 Å². The number of rotatable bonds is 8. The fraction of sp³-hybridized carbons (Fsp3) is 0.667. The van der Waals surface area contributed by atoms with Gasteiger partial charge in [-0.1, -0.05) is 12.1 Å². The fourth-order valence-electron chi connectivity index (χ4n) is 3.39. The van der Waals surface area contributed by atoms with E-state index in [9.17, 15) is 4.39 Å². The molecule has 1 atom stereocenters. The van der Waals surface area contributed by atoms with E-state index in [1.807, 2.05) is 20.2 Å². The molecule has 0 saturated carbocycles. The van der Waals surface area contributed by atoms with E-state index in [1.54, 1.807) is 12.1 Å². The van der Waals surface area contributed by atoms with E-state index in [0.29, 0.717) is 13.1 Å². The van der Waals surface area contributed by atoms with Crippen molar-refractivity contribution in [1.82, 2.24) is 20.4 Å². The first-order chi connectivity index (χ1) is 13.3. The number of halogens is 1. The highest BCUT2D eigenvalue weighted by Gasteiger charge is 2.28. The van der Waals surface area contributed by atoms with Crippen LogP contribution in [-0.2, 0) is 4.74 Å². The van der Waals surface area contributed by atoms with E-state index in [0.717, 1.165) is 44.4 Å². The normalized spacial score (nSPS) is 17.6. The number of likely N-dealkylation sites (N-methyl/N-ethyl adjacent to an activating group) is 1. The molecule has 7 heteroatoms. The minimum absolute atomic E-state index is 0.0321. The molecule has 0 spiro atoms. The van der Waals surface area contributed by atoms with E-state index < -0.39 is 0 Å². The van der Waals surface area contributed by atoms with Crippen molar-refractivity contribution in [1.29, 1.82) is 0 Å². The van der Waals surface area contributed by atoms with Crippen molar-refractivity contribution in [2.75, 3.05) is 60.0 Å². The third kappa shape index (κ3) is 6.72. The van der Waals surface area contributed by atoms with Crippen LogP contribution in [0.3, 0.4) is 0 Å². The van der Waals surface area contributed by atoms with Crippen molar-refractivity contribution in [3.8, 4) is 0 Å². The van der Waals surface area contributed by atoms with Crippen LogP contribution in [0.15, 0.2) is 29.3 Å². The van der Waals surface area contributed by atoms with Gasteiger partial charge in [0.05, 0.1) is 25.8 Å². The lowest BCUT2D eigenvalue weighted by molar-refractivity contribution is -0.00684. The van der Waals surface area contributed by atoms with Crippen LogP contribution in [0.2, 0.25) is 0 Å². The van der Waals surface area contributed by atoms with Gasteiger partial charge in [-0.25, -0.2) is 4.39 Å². The number of nitrogens with one attached hydrogen (secondary N) is 2. The molecule has 1 heterocycles. The molecule has 158 valence electrons. The van der Waals surface area contributed by atoms with Gasteiger partial charge in [0.2, 0.25) is 0 Å². The lowest BCUT2D eigenvalue weighted by atomic mass is 10.0. The molecule has 0 aromatic heterocycles. The Morgan fingerprint density at radius 3 is 2.61 bits per heavy atom. The summed E-state index contributed by atoms with van der Waals surface area (Å²) in [6.45, 7) is 12.1. The third-order valence-corrected chi connectivity index (χ3v) is 5.16. The molecule has 2 N–H and O–H groups in total. The summed E-state index contributed by atoms with van der Waals surface area (Å²) in [5.74, 6) is 0.573. The number of hydrogen-bond acceptors (Lipinski definition) is 4. The molecule has 6 nitrogen and oxygen atoms in total. The zero-order valence-electron chi connectivity index (χ0n) is 18.0. The Bertz CT molecular complexity index is 629. The number of aliphatic imine (C=N–C) groups is 1. The van der Waals surface area contributed by atoms with Crippen molar-refractivity contribution in [3.63, 3.8) is 0 Å². The van der Waals surface area contributed by atoms with Gasteiger partial charge in [-0.2, -0.15) is 0 Å². The number of hydrogen-bond donors (Lipinski definition) is 2. The minimum Gasteiger partial charge on any atom is -0.379 e. The molecular formula is C21H36FN5O. The molecule has 0 amide bonds. The average molecular weight is 394 g/mol. The van der Waals surface area contributed by atoms with Crippen molar-refractivity contribution < 1.29 is 9.13 Å². The molecule has 1 aliphatic heterocycles. The first-order valence-corrected chi connectivity index (χ1v) is 10.1. The lowest BCUT2D eigenvalue weighted by Crippen LogP contribution is -2.52. The molecule has 0 radical (unpaired) electrons. The SMILES string of the molecule is CCNC(=NCC(C)(C)N1CCOCC1)NCC(c1cccc(F)c1)N(C)C. The van der Waals surface area contributed by atoms with Crippen LogP contribution in [0.4, 0.5) is 4.39 Å². The largest absolute Gasteiger partial charge is 0.379 e. The predicted octanol–water partition coefficient (Wildman–Crippen LogP) is 2.09. The molecule has 1 fully saturated rings. The van der Waals surface area contributed by atoms with E-state index in [-0.39, 0.29) is 17.4 Å². The van der Waals surface area contributed by atoms with Crippen LogP contribution in [0.5, 0.6) is 0 Å². The number of nitrogens with zero attached hydrogens (tertiary/aromatic N) is 3. The van der Waals surface area contributed by atoms with Gasteiger partial charge in [0.15, 0.2) is 5.96 Å². The molecule has 0 bridgehead atoms. The molecule has 28 heavy (non-hydrogen) atoms. The van der Waals surface area contributed by atoms with Gasteiger partial charge in [0.1, 0.15) is 5.82 Å². The Kier molecular flexibility index (Phi) is 8.66. The number of ether oxygens (including phenoxy) is 1. The molecule has 2 rings (SSSR count). The topological polar surface area (TPSA) is 52.1 Å². The summed E-state index contributed by atoms with van der Waals surface area (Å²) in [6, 6.07) is 6.83. The average Bonchev–Trinajstić information content (AvgIpc) is 2.67. The molecule has 1 aromatic carbocycles. The Morgan fingerprint density at radius 1 is 1.29 bits per heavy atom. The van der Waals surface area contributed by atoms with Gasteiger partial charge in [-0.05, 0) is 52.6 Å². The van der Waals surface area contributed by atoms with Crippen LogP contribution < -0.4 is 10.6 Å². The van der Waals surface area contributed by atoms with Crippen molar-refractivity contribution >= 4 is 5.96 Å². The molecule has 0 aliphatic carbocycles. The lowest BCUT2D eigenvalue weighted by Gasteiger charge is -2.40. The van der Waals surface area contributed by atoms with Crippen LogP contribution in [0, 0.1) is 5.82 Å². The van der Waals surface area contributed by atoms with Gasteiger partial charge in [0.25, 0.3) is 0 Å². The number of benzene rings is 1. The Labute approximate surface area is 169 Å². The first-order valence-electron chi connectivity index (χ1n) is 10.1. The summed E-state index contributed by atoms with van der Waals surface area (Å²) in [7, 11) is 4.01. The molecular weight excluding hydrogens is 357 g/mol. The summed E-state index contributed by atoms with van der Waals surface area (Å²) in [6.07, 6.45) is 0. The summed E-state index contributed by atoms with van der Waals surface area (Å²) < 4.78 is 19.1. The maximum absolute atomic E-state index is 13.7. The summed E-state index contributed by atoms with van der Waals surface area (Å²) in [4.78, 5) is 9.34. The second-order valence-corrected chi connectivity index (χ2v) is 8.02. The Morgan fingerprint density at radius 2 is 2.00 bits per heavy atom. The maximum atomic E-state index is 13.7. The van der Waals surface area contributed by atoms with Gasteiger partial charge in [-0.15, -0.1) is 0 Å². The minimum atomic E-state index is -0.211. The van der Waals surface area contributed by atoms with Crippen molar-refractivity contribution in [2.24, 2.45) is 4.99 Å². The van der Waals surface area contributed by atoms with Crippen LogP contribution in [-0.4, -0.2) is 81.3 Å². The molecule has 1 saturated heterocycles. The predicted molar refractivity (Wildman–Crippen MR) is 113 cm³/mol. The highest BCUT2D eigenvalue weighted by atomic mass is 19.1. The molecule has 1 unspecified atom stereocenters. The maximum Gasteiger partial charge on any atom is 0.191 e. The van der Waals surface area contributed by atoms with Gasteiger partial charge in [-0.3, -0.25) is 9.89 Å². The standard InChI is InChI=1S/C21H36FN5O/c1-6-23-20(25-16-21(2,3)27-10-12-28-13-11-27)24-15-19(26(4)5)17-8-7-9-18(22)14-17/h7-9,14,19H,6,10-13,15-16H2,1-5H3,(H2,23,24,25). The van der Waals surface area contributed by atoms with Crippen LogP contribution in [0.1, 0.15) is 32.4 Å². The Hall–Kier alpha value is -1.70. The highest BCUT2D eigenvalue weighted by molar-refractivity contribution is 5.79. The molecule has 1 aliphatic rings. The van der Waals surface area contributed by atoms with Crippen molar-refractivity contribution in [3.05, 3.63) is 35.6 Å². The second kappa shape index (κ2) is 10.7.